The summed E-state index contributed by atoms with van der Waals surface area (Å²) in [5.74, 6) is -0.631. The minimum Gasteiger partial charge on any atom is -0.390 e. The molecule has 0 aromatic carbocycles. The van der Waals surface area contributed by atoms with Crippen molar-refractivity contribution in [1.29, 1.82) is 0 Å². The first-order chi connectivity index (χ1) is 9.62. The van der Waals surface area contributed by atoms with Gasteiger partial charge < -0.3 is 19.3 Å². The van der Waals surface area contributed by atoms with Gasteiger partial charge in [-0.15, -0.1) is 0 Å². The highest BCUT2D eigenvalue weighted by atomic mass is 16.7. The van der Waals surface area contributed by atoms with E-state index in [0.717, 1.165) is 0 Å². The first-order valence-electron chi connectivity index (χ1n) is 7.72. The van der Waals surface area contributed by atoms with E-state index >= 15 is 0 Å². The van der Waals surface area contributed by atoms with Crippen LogP contribution in [0.3, 0.4) is 0 Å². The lowest BCUT2D eigenvalue weighted by Gasteiger charge is -2.48. The Balaban J connectivity index is 2.32. The number of hydrogen-bond donors (Lipinski definition) is 1. The molecule has 2 rings (SSSR count). The van der Waals surface area contributed by atoms with Crippen LogP contribution in [0.25, 0.3) is 0 Å². The van der Waals surface area contributed by atoms with E-state index in [4.69, 9.17) is 14.2 Å². The first-order valence-corrected chi connectivity index (χ1v) is 7.72. The summed E-state index contributed by atoms with van der Waals surface area (Å²) in [4.78, 5) is 0. The van der Waals surface area contributed by atoms with Crippen LogP contribution in [0.1, 0.15) is 53.9 Å². The van der Waals surface area contributed by atoms with E-state index in [0.29, 0.717) is 19.3 Å². The summed E-state index contributed by atoms with van der Waals surface area (Å²) in [7, 11) is 3.36. The minimum absolute atomic E-state index is 0.237. The molecule has 3 unspecified atom stereocenters. The lowest BCUT2D eigenvalue weighted by molar-refractivity contribution is -0.248. The van der Waals surface area contributed by atoms with E-state index in [1.807, 2.05) is 19.9 Å². The lowest BCUT2D eigenvalue weighted by atomic mass is 9.59. The van der Waals surface area contributed by atoms with Crippen molar-refractivity contribution in [2.75, 3.05) is 14.2 Å². The molecule has 1 saturated heterocycles. The molecule has 1 heterocycles. The molecule has 0 amide bonds. The molecule has 0 aromatic heterocycles. The zero-order chi connectivity index (χ0) is 16.1. The van der Waals surface area contributed by atoms with Gasteiger partial charge in [-0.05, 0) is 27.2 Å². The lowest BCUT2D eigenvalue weighted by Crippen LogP contribution is -2.58. The predicted molar refractivity (Wildman–Crippen MR) is 82.0 cm³/mol. The molecule has 2 fully saturated rings. The topological polar surface area (TPSA) is 51.2 Å². The molecule has 0 spiro atoms. The van der Waals surface area contributed by atoms with Crippen molar-refractivity contribution >= 4 is 0 Å². The second-order valence-corrected chi connectivity index (χ2v) is 7.48. The van der Waals surface area contributed by atoms with Gasteiger partial charge in [-0.1, -0.05) is 25.5 Å². The average molecular weight is 298 g/mol. The van der Waals surface area contributed by atoms with E-state index in [-0.39, 0.29) is 5.41 Å². The summed E-state index contributed by atoms with van der Waals surface area (Å²) in [6.07, 6.45) is 3.52. The largest absolute Gasteiger partial charge is 0.390 e. The maximum Gasteiger partial charge on any atom is 0.170 e. The summed E-state index contributed by atoms with van der Waals surface area (Å²) < 4.78 is 17.5. The van der Waals surface area contributed by atoms with Crippen molar-refractivity contribution in [2.45, 2.75) is 77.0 Å². The molecule has 3 atom stereocenters. The number of rotatable bonds is 5. The maximum atomic E-state index is 10.8. The summed E-state index contributed by atoms with van der Waals surface area (Å²) in [5.41, 5.74) is 0.0132. The van der Waals surface area contributed by atoms with Crippen molar-refractivity contribution in [3.8, 4) is 0 Å². The van der Waals surface area contributed by atoms with Crippen LogP contribution in [-0.2, 0) is 14.2 Å². The number of ether oxygens (including phenoxy) is 3. The van der Waals surface area contributed by atoms with E-state index in [1.54, 1.807) is 14.2 Å². The fourth-order valence-corrected chi connectivity index (χ4v) is 4.54. The number of aliphatic hydroxyl groups is 1. The van der Waals surface area contributed by atoms with E-state index in [9.17, 15) is 5.11 Å². The van der Waals surface area contributed by atoms with E-state index < -0.39 is 23.1 Å². The van der Waals surface area contributed by atoms with Gasteiger partial charge in [-0.3, -0.25) is 0 Å². The molecule has 1 saturated carbocycles. The predicted octanol–water partition coefficient (Wildman–Crippen LogP) is 3.04. The highest BCUT2D eigenvalue weighted by Crippen LogP contribution is 2.69. The third-order valence-electron chi connectivity index (χ3n) is 5.67. The molecule has 4 heteroatoms. The van der Waals surface area contributed by atoms with Gasteiger partial charge in [0.15, 0.2) is 5.79 Å². The number of epoxide rings is 1. The Labute approximate surface area is 128 Å². The minimum atomic E-state index is -0.631. The molecule has 0 aromatic rings. The van der Waals surface area contributed by atoms with Gasteiger partial charge >= 0.3 is 0 Å². The summed E-state index contributed by atoms with van der Waals surface area (Å²) in [6.45, 7) is 10.4. The number of methoxy groups -OCH3 is 2. The van der Waals surface area contributed by atoms with Crippen LogP contribution < -0.4 is 0 Å². The van der Waals surface area contributed by atoms with Crippen molar-refractivity contribution in [2.24, 2.45) is 5.41 Å². The SMILES string of the molecule is C/C=C(/C)CC(O)C12OC1(C)CC(OC)(OC)CC2(C)C. The fourth-order valence-electron chi connectivity index (χ4n) is 4.54. The first kappa shape index (κ1) is 16.9. The maximum absolute atomic E-state index is 10.8. The monoisotopic (exact) mass is 298 g/mol. The van der Waals surface area contributed by atoms with Crippen LogP contribution in [0.5, 0.6) is 0 Å². The molecule has 2 aliphatic rings. The Bertz CT molecular complexity index is 438. The zero-order valence-electron chi connectivity index (χ0n) is 14.4. The number of hydrogen-bond acceptors (Lipinski definition) is 4. The van der Waals surface area contributed by atoms with Crippen LogP contribution in [-0.4, -0.2) is 42.4 Å². The highest BCUT2D eigenvalue weighted by Gasteiger charge is 2.81. The Hall–Kier alpha value is -0.420. The molecule has 4 nitrogen and oxygen atoms in total. The summed E-state index contributed by atoms with van der Waals surface area (Å²) in [6, 6.07) is 0. The van der Waals surface area contributed by atoms with Crippen LogP contribution in [0, 0.1) is 5.41 Å². The molecular formula is C17H30O4. The van der Waals surface area contributed by atoms with Crippen molar-refractivity contribution in [3.63, 3.8) is 0 Å². The van der Waals surface area contributed by atoms with Crippen molar-refractivity contribution < 1.29 is 19.3 Å². The summed E-state index contributed by atoms with van der Waals surface area (Å²) in [5, 5.41) is 10.8. The molecular weight excluding hydrogens is 268 g/mol. The van der Waals surface area contributed by atoms with Crippen molar-refractivity contribution in [3.05, 3.63) is 11.6 Å². The van der Waals surface area contributed by atoms with Crippen LogP contribution in [0.2, 0.25) is 0 Å². The highest BCUT2D eigenvalue weighted by molar-refractivity contribution is 5.29. The Morgan fingerprint density at radius 2 is 1.81 bits per heavy atom. The molecule has 122 valence electrons. The Morgan fingerprint density at radius 1 is 1.24 bits per heavy atom. The van der Waals surface area contributed by atoms with Gasteiger partial charge in [-0.25, -0.2) is 0 Å². The summed E-state index contributed by atoms with van der Waals surface area (Å²) >= 11 is 0. The molecule has 0 bridgehead atoms. The van der Waals surface area contributed by atoms with Crippen LogP contribution >= 0.6 is 0 Å². The molecule has 0 radical (unpaired) electrons. The third kappa shape index (κ3) is 2.27. The van der Waals surface area contributed by atoms with Gasteiger partial charge in [0.2, 0.25) is 0 Å². The Kier molecular flexibility index (Phi) is 4.08. The van der Waals surface area contributed by atoms with Gasteiger partial charge in [0.05, 0.1) is 6.10 Å². The van der Waals surface area contributed by atoms with Gasteiger partial charge in [-0.2, -0.15) is 0 Å². The number of aliphatic hydroxyl groups excluding tert-OH is 1. The van der Waals surface area contributed by atoms with Crippen LogP contribution in [0.15, 0.2) is 11.6 Å². The van der Waals surface area contributed by atoms with Crippen LogP contribution in [0.4, 0.5) is 0 Å². The molecule has 1 N–H and O–H groups in total. The quantitative estimate of drug-likeness (QED) is 0.481. The molecule has 1 aliphatic carbocycles. The standard InChI is InChI=1S/C17H30O4/c1-8-12(2)9-13(18)17-14(3,4)10-16(19-6,20-7)11-15(17,5)21-17/h8,13,18H,9-11H2,1-7H3/b12-8-. The second kappa shape index (κ2) is 5.05. The fraction of sp³-hybridized carbons (Fsp3) is 0.882. The van der Waals surface area contributed by atoms with E-state index in [1.165, 1.54) is 5.57 Å². The zero-order valence-corrected chi connectivity index (χ0v) is 14.4. The molecule has 1 aliphatic heterocycles. The average Bonchev–Trinajstić information content (AvgIpc) is 3.06. The second-order valence-electron chi connectivity index (χ2n) is 7.48. The normalized spacial score (nSPS) is 38.8. The van der Waals surface area contributed by atoms with E-state index in [2.05, 4.69) is 20.8 Å². The number of allylic oxidation sites excluding steroid dienone is 1. The molecule has 21 heavy (non-hydrogen) atoms. The van der Waals surface area contributed by atoms with Gasteiger partial charge in [0.1, 0.15) is 11.2 Å². The Morgan fingerprint density at radius 3 is 2.24 bits per heavy atom. The van der Waals surface area contributed by atoms with Gasteiger partial charge in [0.25, 0.3) is 0 Å². The number of fused-ring (bicyclic) bond motifs is 1. The third-order valence-corrected chi connectivity index (χ3v) is 5.67. The van der Waals surface area contributed by atoms with Crippen molar-refractivity contribution in [1.82, 2.24) is 0 Å². The smallest absolute Gasteiger partial charge is 0.170 e. The van der Waals surface area contributed by atoms with Gasteiger partial charge in [0, 0.05) is 32.5 Å².